The fraction of sp³-hybridized carbons (Fsp3) is 0.267. The number of carbonyl (C=O) groups is 1. The number of nitrogens with one attached hydrogen (secondary N) is 1. The van der Waals surface area contributed by atoms with Crippen LogP contribution in [0.25, 0.3) is 10.9 Å². The molecule has 1 amide bonds. The second-order valence-electron chi connectivity index (χ2n) is 10.2. The smallest absolute Gasteiger partial charge is 0.231 e. The Morgan fingerprint density at radius 3 is 2.06 bits per heavy atom. The lowest BCUT2D eigenvalue weighted by atomic mass is 9.76. The van der Waals surface area contributed by atoms with Crippen molar-refractivity contribution in [3.63, 3.8) is 0 Å². The van der Waals surface area contributed by atoms with E-state index < -0.39 is 5.41 Å². The molecule has 0 saturated carbocycles. The Labute approximate surface area is 196 Å². The summed E-state index contributed by atoms with van der Waals surface area (Å²) in [4.78, 5) is 18.3. The minimum Gasteiger partial charge on any atom is -0.324 e. The Morgan fingerprint density at radius 2 is 1.39 bits per heavy atom. The highest BCUT2D eigenvalue weighted by Gasteiger charge is 2.34. The summed E-state index contributed by atoms with van der Waals surface area (Å²) in [5.41, 5.74) is 4.64. The molecule has 3 nitrogen and oxygen atoms in total. The molecule has 0 fully saturated rings. The van der Waals surface area contributed by atoms with Gasteiger partial charge in [0.15, 0.2) is 0 Å². The van der Waals surface area contributed by atoms with Crippen molar-refractivity contribution in [1.29, 1.82) is 0 Å². The fourth-order valence-electron chi connectivity index (χ4n) is 4.32. The van der Waals surface area contributed by atoms with Gasteiger partial charge in [-0.25, -0.2) is 0 Å². The zero-order chi connectivity index (χ0) is 23.5. The molecule has 1 N–H and O–H groups in total. The fourth-order valence-corrected chi connectivity index (χ4v) is 4.32. The normalized spacial score (nSPS) is 13.5. The highest BCUT2D eigenvalue weighted by atomic mass is 16.2. The van der Waals surface area contributed by atoms with Crippen molar-refractivity contribution >= 4 is 22.5 Å². The van der Waals surface area contributed by atoms with E-state index >= 15 is 0 Å². The van der Waals surface area contributed by atoms with Crippen LogP contribution in [0, 0.1) is 5.41 Å². The van der Waals surface area contributed by atoms with E-state index in [1.54, 1.807) is 6.20 Å². The molecule has 0 aliphatic carbocycles. The van der Waals surface area contributed by atoms with E-state index in [-0.39, 0.29) is 11.3 Å². The van der Waals surface area contributed by atoms with Crippen LogP contribution >= 0.6 is 0 Å². The second-order valence-corrected chi connectivity index (χ2v) is 10.2. The molecule has 168 valence electrons. The number of carbonyl (C=O) groups excluding carboxylic acids is 1. The summed E-state index contributed by atoms with van der Waals surface area (Å²) in [7, 11) is 0. The third-order valence-corrected chi connectivity index (χ3v) is 6.28. The zero-order valence-electron chi connectivity index (χ0n) is 19.9. The first kappa shape index (κ1) is 22.7. The molecular weight excluding hydrogens is 404 g/mol. The van der Waals surface area contributed by atoms with Crippen molar-refractivity contribution in [2.75, 3.05) is 5.32 Å². The predicted octanol–water partition coefficient (Wildman–Crippen LogP) is 6.96. The lowest BCUT2D eigenvalue weighted by Gasteiger charge is -2.29. The number of rotatable bonds is 6. The van der Waals surface area contributed by atoms with Crippen LogP contribution in [0.4, 0.5) is 5.69 Å². The van der Waals surface area contributed by atoms with Crippen molar-refractivity contribution in [2.45, 2.75) is 46.0 Å². The molecule has 1 aromatic heterocycles. The Bertz CT molecular complexity index is 1230. The van der Waals surface area contributed by atoms with Gasteiger partial charge in [-0.2, -0.15) is 0 Å². The molecule has 0 saturated heterocycles. The van der Waals surface area contributed by atoms with Gasteiger partial charge in [-0.15, -0.1) is 0 Å². The number of pyridine rings is 1. The third kappa shape index (κ3) is 5.31. The largest absolute Gasteiger partial charge is 0.324 e. The molecule has 1 heterocycles. The van der Waals surface area contributed by atoms with E-state index in [0.29, 0.717) is 12.8 Å². The quantitative estimate of drug-likeness (QED) is 0.355. The number of hydrogen-bond acceptors (Lipinski definition) is 2. The molecule has 1 atom stereocenters. The SMILES string of the molecule is CC(Cc1ccccc1)(Cc1ccc(C(C)(C)C)cc1)C(=O)Nc1cccc2cccnc12. The van der Waals surface area contributed by atoms with E-state index in [1.165, 1.54) is 5.56 Å². The average Bonchev–Trinajstić information content (AvgIpc) is 2.79. The van der Waals surface area contributed by atoms with Gasteiger partial charge < -0.3 is 5.32 Å². The van der Waals surface area contributed by atoms with E-state index in [4.69, 9.17) is 0 Å². The predicted molar refractivity (Wildman–Crippen MR) is 137 cm³/mol. The van der Waals surface area contributed by atoms with Gasteiger partial charge >= 0.3 is 0 Å². The Morgan fingerprint density at radius 1 is 0.758 bits per heavy atom. The van der Waals surface area contributed by atoms with E-state index in [2.05, 4.69) is 74.4 Å². The van der Waals surface area contributed by atoms with Crippen LogP contribution in [0.15, 0.2) is 91.1 Å². The number of para-hydroxylation sites is 1. The number of benzene rings is 3. The van der Waals surface area contributed by atoms with Gasteiger partial charge in [-0.3, -0.25) is 9.78 Å². The first-order valence-corrected chi connectivity index (χ1v) is 11.5. The molecule has 4 aromatic rings. The molecule has 3 aromatic carbocycles. The number of fused-ring (bicyclic) bond motifs is 1. The van der Waals surface area contributed by atoms with Crippen LogP contribution in [0.5, 0.6) is 0 Å². The number of anilines is 1. The molecule has 0 bridgehead atoms. The number of aromatic nitrogens is 1. The minimum absolute atomic E-state index is 0.00408. The monoisotopic (exact) mass is 436 g/mol. The standard InChI is InChI=1S/C30H32N2O/c1-29(2,3)25-17-15-23(16-18-25)21-30(4,20-22-10-6-5-7-11-22)28(33)32-26-14-8-12-24-13-9-19-31-27(24)26/h5-19H,20-21H2,1-4H3,(H,32,33). The minimum atomic E-state index is -0.623. The van der Waals surface area contributed by atoms with Crippen LogP contribution in [0.3, 0.4) is 0 Å². The summed E-state index contributed by atoms with van der Waals surface area (Å²) in [6.45, 7) is 8.71. The summed E-state index contributed by atoms with van der Waals surface area (Å²) in [6.07, 6.45) is 3.06. The molecule has 4 rings (SSSR count). The number of hydrogen-bond donors (Lipinski definition) is 1. The molecule has 33 heavy (non-hydrogen) atoms. The molecule has 0 aliphatic rings. The summed E-state index contributed by atoms with van der Waals surface area (Å²) in [6, 6.07) is 28.8. The van der Waals surface area contributed by atoms with Gasteiger partial charge in [-0.1, -0.05) is 100 Å². The molecular formula is C30H32N2O. The number of nitrogens with zero attached hydrogens (tertiary/aromatic N) is 1. The highest BCUT2D eigenvalue weighted by Crippen LogP contribution is 2.32. The number of amides is 1. The van der Waals surface area contributed by atoms with Gasteiger partial charge in [0.1, 0.15) is 0 Å². The third-order valence-electron chi connectivity index (χ3n) is 6.28. The van der Waals surface area contributed by atoms with Crippen LogP contribution < -0.4 is 5.32 Å². The van der Waals surface area contributed by atoms with E-state index in [1.807, 2.05) is 48.5 Å². The van der Waals surface area contributed by atoms with Crippen molar-refractivity contribution in [1.82, 2.24) is 4.98 Å². The first-order chi connectivity index (χ1) is 15.7. The summed E-state index contributed by atoms with van der Waals surface area (Å²) < 4.78 is 0. The van der Waals surface area contributed by atoms with Crippen LogP contribution in [0.2, 0.25) is 0 Å². The van der Waals surface area contributed by atoms with E-state index in [9.17, 15) is 4.79 Å². The van der Waals surface area contributed by atoms with Crippen LogP contribution in [-0.2, 0) is 23.1 Å². The first-order valence-electron chi connectivity index (χ1n) is 11.5. The molecule has 3 heteroatoms. The van der Waals surface area contributed by atoms with Gasteiger partial charge in [-0.05, 0) is 47.1 Å². The Kier molecular flexibility index (Phi) is 6.33. The topological polar surface area (TPSA) is 42.0 Å². The van der Waals surface area contributed by atoms with E-state index in [0.717, 1.165) is 27.7 Å². The van der Waals surface area contributed by atoms with Gasteiger partial charge in [0.05, 0.1) is 16.6 Å². The maximum absolute atomic E-state index is 13.8. The molecule has 1 unspecified atom stereocenters. The lowest BCUT2D eigenvalue weighted by molar-refractivity contribution is -0.124. The Hall–Kier alpha value is -3.46. The van der Waals surface area contributed by atoms with Crippen LogP contribution in [-0.4, -0.2) is 10.9 Å². The second kappa shape index (κ2) is 9.19. The molecule has 0 aliphatic heterocycles. The maximum atomic E-state index is 13.8. The molecule has 0 spiro atoms. The summed E-state index contributed by atoms with van der Waals surface area (Å²) >= 11 is 0. The Balaban J connectivity index is 1.65. The highest BCUT2D eigenvalue weighted by molar-refractivity contribution is 6.02. The van der Waals surface area contributed by atoms with Gasteiger partial charge in [0.2, 0.25) is 5.91 Å². The van der Waals surface area contributed by atoms with Gasteiger partial charge in [0, 0.05) is 11.6 Å². The van der Waals surface area contributed by atoms with Crippen molar-refractivity contribution in [3.8, 4) is 0 Å². The van der Waals surface area contributed by atoms with Crippen LogP contribution in [0.1, 0.15) is 44.4 Å². The zero-order valence-corrected chi connectivity index (χ0v) is 19.9. The van der Waals surface area contributed by atoms with Crippen molar-refractivity contribution < 1.29 is 4.79 Å². The van der Waals surface area contributed by atoms with Crippen molar-refractivity contribution in [2.24, 2.45) is 5.41 Å². The van der Waals surface area contributed by atoms with Gasteiger partial charge in [0.25, 0.3) is 0 Å². The lowest BCUT2D eigenvalue weighted by Crippen LogP contribution is -2.37. The summed E-state index contributed by atoms with van der Waals surface area (Å²) in [5.74, 6) is 0.00408. The summed E-state index contributed by atoms with van der Waals surface area (Å²) in [5, 5.41) is 4.21. The van der Waals surface area contributed by atoms with Crippen molar-refractivity contribution in [3.05, 3.63) is 108 Å². The molecule has 0 radical (unpaired) electrons. The average molecular weight is 437 g/mol. The maximum Gasteiger partial charge on any atom is 0.231 e.